The molecule has 0 unspecified atom stereocenters. The van der Waals surface area contributed by atoms with Crippen molar-refractivity contribution in [3.63, 3.8) is 0 Å². The number of amides is 1. The molecule has 126 valence electrons. The van der Waals surface area contributed by atoms with Crippen molar-refractivity contribution in [1.29, 1.82) is 0 Å². The first kappa shape index (κ1) is 16.2. The number of carbonyl (C=O) groups excluding carboxylic acids is 1. The lowest BCUT2D eigenvalue weighted by atomic mass is 10.1. The molecule has 5 heteroatoms. The van der Waals surface area contributed by atoms with E-state index in [4.69, 9.17) is 14.2 Å². The number of ether oxygens (including phenoxy) is 3. The summed E-state index contributed by atoms with van der Waals surface area (Å²) in [6.07, 6.45) is -0.611. The van der Waals surface area contributed by atoms with Gasteiger partial charge in [-0.05, 0) is 56.2 Å². The molecular weight excluding hydrogens is 306 g/mol. The van der Waals surface area contributed by atoms with Crippen LogP contribution in [0.3, 0.4) is 0 Å². The van der Waals surface area contributed by atoms with Gasteiger partial charge in [-0.1, -0.05) is 6.07 Å². The van der Waals surface area contributed by atoms with Crippen molar-refractivity contribution in [2.75, 3.05) is 18.5 Å². The average Bonchev–Trinajstić information content (AvgIpc) is 2.58. The molecule has 0 saturated heterocycles. The number of fused-ring (bicyclic) bond motifs is 1. The molecule has 1 aliphatic heterocycles. The van der Waals surface area contributed by atoms with Crippen molar-refractivity contribution >= 4 is 11.6 Å². The van der Waals surface area contributed by atoms with Gasteiger partial charge in [-0.2, -0.15) is 0 Å². The predicted octanol–water partition coefficient (Wildman–Crippen LogP) is 3.48. The van der Waals surface area contributed by atoms with Crippen LogP contribution in [-0.4, -0.2) is 25.2 Å². The number of benzene rings is 2. The Kier molecular flexibility index (Phi) is 4.60. The summed E-state index contributed by atoms with van der Waals surface area (Å²) in [5.41, 5.74) is 2.97. The standard InChI is InChI=1S/C19H21NO4/c1-12-4-6-16(10-13(12)2)24-14(3)19(21)20-15-5-7-17-18(11-15)23-9-8-22-17/h4-7,10-11,14H,8-9H2,1-3H3,(H,20,21)/t14-/m1/s1. The van der Waals surface area contributed by atoms with Gasteiger partial charge in [0.05, 0.1) is 0 Å². The fourth-order valence-corrected chi connectivity index (χ4v) is 2.41. The zero-order valence-electron chi connectivity index (χ0n) is 14.1. The third-order valence-corrected chi connectivity index (χ3v) is 3.97. The molecule has 1 amide bonds. The van der Waals surface area contributed by atoms with Gasteiger partial charge in [0.15, 0.2) is 17.6 Å². The highest BCUT2D eigenvalue weighted by atomic mass is 16.6. The highest BCUT2D eigenvalue weighted by Crippen LogP contribution is 2.32. The maximum absolute atomic E-state index is 12.3. The Labute approximate surface area is 141 Å². The third kappa shape index (κ3) is 3.62. The topological polar surface area (TPSA) is 56.8 Å². The van der Waals surface area contributed by atoms with Gasteiger partial charge in [-0.25, -0.2) is 0 Å². The van der Waals surface area contributed by atoms with E-state index in [1.165, 1.54) is 5.56 Å². The number of rotatable bonds is 4. The molecule has 0 spiro atoms. The number of hydrogen-bond donors (Lipinski definition) is 1. The lowest BCUT2D eigenvalue weighted by Gasteiger charge is -2.20. The quantitative estimate of drug-likeness (QED) is 0.934. The van der Waals surface area contributed by atoms with E-state index in [0.717, 1.165) is 5.56 Å². The second kappa shape index (κ2) is 6.83. The molecule has 1 N–H and O–H groups in total. The second-order valence-corrected chi connectivity index (χ2v) is 5.85. The summed E-state index contributed by atoms with van der Waals surface area (Å²) in [7, 11) is 0. The largest absolute Gasteiger partial charge is 0.486 e. The van der Waals surface area contributed by atoms with Crippen LogP contribution in [0.2, 0.25) is 0 Å². The fraction of sp³-hybridized carbons (Fsp3) is 0.316. The number of anilines is 1. The number of carbonyl (C=O) groups is 1. The Bertz CT molecular complexity index is 757. The predicted molar refractivity (Wildman–Crippen MR) is 92.1 cm³/mol. The lowest BCUT2D eigenvalue weighted by Crippen LogP contribution is -2.30. The van der Waals surface area contributed by atoms with E-state index in [1.807, 2.05) is 32.0 Å². The molecule has 3 rings (SSSR count). The summed E-state index contributed by atoms with van der Waals surface area (Å²) in [4.78, 5) is 12.3. The molecule has 2 aromatic carbocycles. The molecule has 0 aromatic heterocycles. The number of nitrogens with one attached hydrogen (secondary N) is 1. The molecule has 1 atom stereocenters. The Balaban J connectivity index is 1.64. The van der Waals surface area contributed by atoms with Crippen molar-refractivity contribution in [2.45, 2.75) is 26.9 Å². The summed E-state index contributed by atoms with van der Waals surface area (Å²) in [6.45, 7) is 6.83. The molecule has 0 aliphatic carbocycles. The molecule has 1 aliphatic rings. The zero-order chi connectivity index (χ0) is 17.1. The Morgan fingerprint density at radius 2 is 1.79 bits per heavy atom. The molecule has 2 aromatic rings. The molecule has 24 heavy (non-hydrogen) atoms. The second-order valence-electron chi connectivity index (χ2n) is 5.85. The summed E-state index contributed by atoms with van der Waals surface area (Å²) >= 11 is 0. The van der Waals surface area contributed by atoms with Gasteiger partial charge in [0.2, 0.25) is 0 Å². The summed E-state index contributed by atoms with van der Waals surface area (Å²) < 4.78 is 16.7. The molecule has 0 radical (unpaired) electrons. The van der Waals surface area contributed by atoms with Crippen LogP contribution in [0, 0.1) is 13.8 Å². The first-order valence-electron chi connectivity index (χ1n) is 7.97. The van der Waals surface area contributed by atoms with Crippen molar-refractivity contribution in [2.24, 2.45) is 0 Å². The normalized spacial score (nSPS) is 14.0. The van der Waals surface area contributed by atoms with Gasteiger partial charge >= 0.3 is 0 Å². The van der Waals surface area contributed by atoms with Crippen molar-refractivity contribution in [1.82, 2.24) is 0 Å². The average molecular weight is 327 g/mol. The maximum atomic E-state index is 12.3. The smallest absolute Gasteiger partial charge is 0.265 e. The van der Waals surface area contributed by atoms with Crippen molar-refractivity contribution < 1.29 is 19.0 Å². The third-order valence-electron chi connectivity index (χ3n) is 3.97. The van der Waals surface area contributed by atoms with Crippen LogP contribution in [0.1, 0.15) is 18.1 Å². The Hall–Kier alpha value is -2.69. The molecule has 0 bridgehead atoms. The number of aryl methyl sites for hydroxylation is 2. The SMILES string of the molecule is Cc1ccc(O[C@H](C)C(=O)Nc2ccc3c(c2)OCCO3)cc1C. The molecule has 1 heterocycles. The molecule has 5 nitrogen and oxygen atoms in total. The minimum atomic E-state index is -0.611. The summed E-state index contributed by atoms with van der Waals surface area (Å²) in [5.74, 6) is 1.80. The van der Waals surface area contributed by atoms with Gasteiger partial charge in [0.1, 0.15) is 19.0 Å². The van der Waals surface area contributed by atoms with Crippen LogP contribution in [0.4, 0.5) is 5.69 Å². The van der Waals surface area contributed by atoms with Crippen LogP contribution in [0.25, 0.3) is 0 Å². The van der Waals surface area contributed by atoms with Gasteiger partial charge in [-0.15, -0.1) is 0 Å². The Morgan fingerprint density at radius 1 is 1.04 bits per heavy atom. The maximum Gasteiger partial charge on any atom is 0.265 e. The van der Waals surface area contributed by atoms with E-state index in [9.17, 15) is 4.79 Å². The first-order valence-corrected chi connectivity index (χ1v) is 7.97. The summed E-state index contributed by atoms with van der Waals surface area (Å²) in [5, 5.41) is 2.84. The lowest BCUT2D eigenvalue weighted by molar-refractivity contribution is -0.122. The molecular formula is C19H21NO4. The van der Waals surface area contributed by atoms with Crippen molar-refractivity contribution in [3.05, 3.63) is 47.5 Å². The monoisotopic (exact) mass is 327 g/mol. The first-order chi connectivity index (χ1) is 11.5. The van der Waals surface area contributed by atoms with Crippen LogP contribution < -0.4 is 19.5 Å². The Morgan fingerprint density at radius 3 is 2.54 bits per heavy atom. The van der Waals surface area contributed by atoms with E-state index in [2.05, 4.69) is 5.32 Å². The minimum absolute atomic E-state index is 0.218. The van der Waals surface area contributed by atoms with E-state index < -0.39 is 6.10 Å². The van der Waals surface area contributed by atoms with E-state index >= 15 is 0 Å². The van der Waals surface area contributed by atoms with E-state index in [-0.39, 0.29) is 5.91 Å². The van der Waals surface area contributed by atoms with Gasteiger partial charge in [0.25, 0.3) is 5.91 Å². The van der Waals surface area contributed by atoms with Crippen molar-refractivity contribution in [3.8, 4) is 17.2 Å². The zero-order valence-corrected chi connectivity index (χ0v) is 14.1. The minimum Gasteiger partial charge on any atom is -0.486 e. The molecule has 0 saturated carbocycles. The van der Waals surface area contributed by atoms with Gasteiger partial charge in [-0.3, -0.25) is 4.79 Å². The van der Waals surface area contributed by atoms with Gasteiger partial charge in [0, 0.05) is 11.8 Å². The highest BCUT2D eigenvalue weighted by molar-refractivity contribution is 5.94. The van der Waals surface area contributed by atoms with Crippen LogP contribution in [0.5, 0.6) is 17.2 Å². The highest BCUT2D eigenvalue weighted by Gasteiger charge is 2.17. The van der Waals surface area contributed by atoms with Gasteiger partial charge < -0.3 is 19.5 Å². The fourth-order valence-electron chi connectivity index (χ4n) is 2.41. The van der Waals surface area contributed by atoms with Crippen LogP contribution >= 0.6 is 0 Å². The summed E-state index contributed by atoms with van der Waals surface area (Å²) in [6, 6.07) is 11.1. The van der Waals surface area contributed by atoms with E-state index in [0.29, 0.717) is 36.1 Å². The van der Waals surface area contributed by atoms with E-state index in [1.54, 1.807) is 25.1 Å². The molecule has 0 fully saturated rings. The van der Waals surface area contributed by atoms with Crippen LogP contribution in [-0.2, 0) is 4.79 Å². The van der Waals surface area contributed by atoms with Crippen LogP contribution in [0.15, 0.2) is 36.4 Å². The number of hydrogen-bond acceptors (Lipinski definition) is 4.